The van der Waals surface area contributed by atoms with E-state index in [1.165, 1.54) is 31.2 Å². The van der Waals surface area contributed by atoms with E-state index in [1.807, 2.05) is 0 Å². The summed E-state index contributed by atoms with van der Waals surface area (Å²) in [5.74, 6) is -2.63. The Balaban J connectivity index is 2.45. The highest BCUT2D eigenvalue weighted by Gasteiger charge is 2.17. The molecule has 0 aliphatic rings. The molecule has 0 aromatic heterocycles. The molecule has 1 atom stereocenters. The van der Waals surface area contributed by atoms with Gasteiger partial charge >= 0.3 is 5.97 Å². The molecule has 0 spiro atoms. The first-order chi connectivity index (χ1) is 9.88. The molecule has 1 unspecified atom stereocenters. The molecule has 2 rings (SSSR count). The lowest BCUT2D eigenvalue weighted by Gasteiger charge is -2.10. The number of alkyl halides is 1. The first kappa shape index (κ1) is 15.3. The summed E-state index contributed by atoms with van der Waals surface area (Å²) in [6.45, 7) is 1.44. The number of phenolic OH excluding ortho intramolecular Hbond substituents is 1. The highest BCUT2D eigenvalue weighted by molar-refractivity contribution is 6.20. The van der Waals surface area contributed by atoms with Crippen LogP contribution in [0.25, 0.3) is 11.1 Å². The van der Waals surface area contributed by atoms with Crippen molar-refractivity contribution in [3.63, 3.8) is 0 Å². The molecule has 0 aliphatic carbocycles. The Bertz CT molecular complexity index is 687. The van der Waals surface area contributed by atoms with Crippen molar-refractivity contribution in [2.75, 3.05) is 0 Å². The van der Waals surface area contributed by atoms with Gasteiger partial charge in [0.1, 0.15) is 22.9 Å². The van der Waals surface area contributed by atoms with Gasteiger partial charge in [-0.25, -0.2) is 13.6 Å². The molecule has 0 saturated heterocycles. The van der Waals surface area contributed by atoms with E-state index in [0.29, 0.717) is 5.56 Å². The molecule has 21 heavy (non-hydrogen) atoms. The fraction of sp³-hybridized carbons (Fsp3) is 0.133. The maximum Gasteiger partial charge on any atom is 0.343 e. The van der Waals surface area contributed by atoms with Crippen LogP contribution in [0, 0.1) is 11.6 Å². The fourth-order valence-corrected chi connectivity index (χ4v) is 1.88. The first-order valence-corrected chi connectivity index (χ1v) is 6.45. The minimum Gasteiger partial charge on any atom is -0.507 e. The van der Waals surface area contributed by atoms with Crippen LogP contribution in [0.4, 0.5) is 8.78 Å². The number of aromatic hydroxyl groups is 1. The molecule has 0 bridgehead atoms. The zero-order chi connectivity index (χ0) is 15.6. The first-order valence-electron chi connectivity index (χ1n) is 6.02. The van der Waals surface area contributed by atoms with Crippen LogP contribution in [0.2, 0.25) is 0 Å². The third-order valence-electron chi connectivity index (χ3n) is 2.73. The maximum atomic E-state index is 13.7. The lowest BCUT2D eigenvalue weighted by Crippen LogP contribution is -2.10. The van der Waals surface area contributed by atoms with E-state index < -0.39 is 23.2 Å². The summed E-state index contributed by atoms with van der Waals surface area (Å²) >= 11 is 5.55. The summed E-state index contributed by atoms with van der Waals surface area (Å²) in [5.41, 5.74) is -0.615. The van der Waals surface area contributed by atoms with Gasteiger partial charge in [-0.2, -0.15) is 0 Å². The summed E-state index contributed by atoms with van der Waals surface area (Å²) in [6, 6.07) is 6.98. The molecule has 3 nitrogen and oxygen atoms in total. The molecule has 6 heteroatoms. The van der Waals surface area contributed by atoms with Crippen molar-refractivity contribution in [2.24, 2.45) is 0 Å². The number of hydrogen-bond donors (Lipinski definition) is 1. The standard InChI is InChI=1S/C15H11ClF2O3/c1-8(16)21-15(20)12-6-9(2-5-14(12)19)11-4-3-10(17)7-13(11)18/h2-8,19H,1H3. The molecular formula is C15H11ClF2O3. The minimum atomic E-state index is -0.872. The van der Waals surface area contributed by atoms with Crippen LogP contribution in [0.15, 0.2) is 36.4 Å². The highest BCUT2D eigenvalue weighted by atomic mass is 35.5. The van der Waals surface area contributed by atoms with Gasteiger partial charge < -0.3 is 9.84 Å². The van der Waals surface area contributed by atoms with Crippen molar-refractivity contribution in [3.05, 3.63) is 53.6 Å². The number of carbonyl (C=O) groups excluding carboxylic acids is 1. The molecule has 0 aliphatic heterocycles. The summed E-state index contributed by atoms with van der Waals surface area (Å²) in [6.07, 6.45) is 0. The van der Waals surface area contributed by atoms with Gasteiger partial charge in [0.25, 0.3) is 0 Å². The van der Waals surface area contributed by atoms with E-state index in [0.717, 1.165) is 12.1 Å². The summed E-state index contributed by atoms with van der Waals surface area (Å²) in [7, 11) is 0. The average Bonchev–Trinajstić information content (AvgIpc) is 2.39. The molecular weight excluding hydrogens is 302 g/mol. The number of hydrogen-bond acceptors (Lipinski definition) is 3. The molecule has 2 aromatic carbocycles. The van der Waals surface area contributed by atoms with Crippen LogP contribution in [-0.4, -0.2) is 16.6 Å². The maximum absolute atomic E-state index is 13.7. The number of benzene rings is 2. The fourth-order valence-electron chi connectivity index (χ4n) is 1.80. The molecule has 0 saturated carbocycles. The van der Waals surface area contributed by atoms with E-state index >= 15 is 0 Å². The Kier molecular flexibility index (Phi) is 4.43. The number of esters is 1. The van der Waals surface area contributed by atoms with E-state index in [9.17, 15) is 18.7 Å². The normalized spacial score (nSPS) is 12.0. The van der Waals surface area contributed by atoms with Crippen LogP contribution >= 0.6 is 11.6 Å². The number of carbonyl (C=O) groups is 1. The Morgan fingerprint density at radius 3 is 2.57 bits per heavy atom. The third kappa shape index (κ3) is 3.49. The predicted molar refractivity (Wildman–Crippen MR) is 74.2 cm³/mol. The van der Waals surface area contributed by atoms with Crippen LogP contribution < -0.4 is 0 Å². The van der Waals surface area contributed by atoms with Gasteiger partial charge in [-0.15, -0.1) is 0 Å². The zero-order valence-corrected chi connectivity index (χ0v) is 11.7. The van der Waals surface area contributed by atoms with Crippen molar-refractivity contribution in [1.82, 2.24) is 0 Å². The summed E-state index contributed by atoms with van der Waals surface area (Å²) in [4.78, 5) is 11.8. The second kappa shape index (κ2) is 6.10. The second-order valence-electron chi connectivity index (χ2n) is 4.30. The van der Waals surface area contributed by atoms with Crippen molar-refractivity contribution in [3.8, 4) is 16.9 Å². The minimum absolute atomic E-state index is 0.101. The number of rotatable bonds is 3. The van der Waals surface area contributed by atoms with E-state index in [4.69, 9.17) is 16.3 Å². The van der Waals surface area contributed by atoms with Gasteiger partial charge in [-0.3, -0.25) is 0 Å². The highest BCUT2D eigenvalue weighted by Crippen LogP contribution is 2.29. The van der Waals surface area contributed by atoms with Crippen LogP contribution in [0.3, 0.4) is 0 Å². The van der Waals surface area contributed by atoms with Gasteiger partial charge in [0, 0.05) is 11.6 Å². The van der Waals surface area contributed by atoms with E-state index in [1.54, 1.807) is 0 Å². The molecule has 0 heterocycles. The van der Waals surface area contributed by atoms with Gasteiger partial charge in [0.05, 0.1) is 0 Å². The smallest absolute Gasteiger partial charge is 0.343 e. The topological polar surface area (TPSA) is 46.5 Å². The lowest BCUT2D eigenvalue weighted by atomic mass is 10.0. The predicted octanol–water partition coefficient (Wildman–Crippen LogP) is 4.08. The quantitative estimate of drug-likeness (QED) is 0.686. The third-order valence-corrected chi connectivity index (χ3v) is 2.82. The van der Waals surface area contributed by atoms with Gasteiger partial charge in [-0.05, 0) is 36.8 Å². The van der Waals surface area contributed by atoms with Crippen molar-refractivity contribution in [2.45, 2.75) is 12.5 Å². The number of phenols is 1. The Morgan fingerprint density at radius 1 is 1.24 bits per heavy atom. The average molecular weight is 313 g/mol. The molecule has 0 amide bonds. The Labute approximate surface area is 124 Å². The molecule has 1 N–H and O–H groups in total. The van der Waals surface area contributed by atoms with Crippen molar-refractivity contribution < 1.29 is 23.4 Å². The summed E-state index contributed by atoms with van der Waals surface area (Å²) in [5, 5.41) is 9.68. The van der Waals surface area contributed by atoms with Crippen LogP contribution in [0.1, 0.15) is 17.3 Å². The van der Waals surface area contributed by atoms with Gasteiger partial charge in [0.15, 0.2) is 5.56 Å². The number of ether oxygens (including phenoxy) is 1. The van der Waals surface area contributed by atoms with E-state index in [2.05, 4.69) is 0 Å². The monoisotopic (exact) mass is 312 g/mol. The zero-order valence-electron chi connectivity index (χ0n) is 10.9. The SMILES string of the molecule is CC(Cl)OC(=O)c1cc(-c2ccc(F)cc2F)ccc1O. The largest absolute Gasteiger partial charge is 0.507 e. The van der Waals surface area contributed by atoms with Crippen LogP contribution in [-0.2, 0) is 4.74 Å². The van der Waals surface area contributed by atoms with Crippen molar-refractivity contribution >= 4 is 17.6 Å². The lowest BCUT2D eigenvalue weighted by molar-refractivity contribution is 0.0469. The molecule has 0 radical (unpaired) electrons. The molecule has 0 fully saturated rings. The second-order valence-corrected chi connectivity index (χ2v) is 4.92. The van der Waals surface area contributed by atoms with E-state index in [-0.39, 0.29) is 16.9 Å². The van der Waals surface area contributed by atoms with Crippen molar-refractivity contribution in [1.29, 1.82) is 0 Å². The Hall–Kier alpha value is -2.14. The van der Waals surface area contributed by atoms with Gasteiger partial charge in [0.2, 0.25) is 0 Å². The summed E-state index contributed by atoms with van der Waals surface area (Å²) < 4.78 is 31.4. The Morgan fingerprint density at radius 2 is 1.95 bits per heavy atom. The molecule has 2 aromatic rings. The number of halogens is 3. The molecule has 110 valence electrons. The van der Waals surface area contributed by atoms with Crippen LogP contribution in [0.5, 0.6) is 5.75 Å². The van der Waals surface area contributed by atoms with Gasteiger partial charge in [-0.1, -0.05) is 17.7 Å².